The fourth-order valence-corrected chi connectivity index (χ4v) is 14.5. The second-order valence-corrected chi connectivity index (χ2v) is 24.9. The van der Waals surface area contributed by atoms with Crippen molar-refractivity contribution in [3.05, 3.63) is 340 Å². The molecular weight excluding hydrogens is 1150 g/mol. The molecule has 0 N–H and O–H groups in total. The van der Waals surface area contributed by atoms with Gasteiger partial charge in [0.15, 0.2) is 11.6 Å². The molecule has 13 aromatic carbocycles. The molecule has 17 rings (SSSR count). The van der Waals surface area contributed by atoms with E-state index in [1.807, 2.05) is 12.1 Å². The van der Waals surface area contributed by atoms with Gasteiger partial charge in [-0.3, -0.25) is 0 Å². The van der Waals surface area contributed by atoms with E-state index in [1.165, 1.54) is 86.9 Å². The number of fused-ring (bicyclic) bond motifs is 6. The molecule has 0 aliphatic rings. The first-order valence-corrected chi connectivity index (χ1v) is 32.5. The highest BCUT2D eigenvalue weighted by Crippen LogP contribution is 2.44. The lowest BCUT2D eigenvalue weighted by Crippen LogP contribution is -1.94. The van der Waals surface area contributed by atoms with E-state index in [9.17, 15) is 0 Å². The van der Waals surface area contributed by atoms with Gasteiger partial charge in [0.05, 0.1) is 11.4 Å². The lowest BCUT2D eigenvalue weighted by Gasteiger charge is -2.13. The molecule has 17 aromatic rings. The average Bonchev–Trinajstić information content (AvgIpc) is 1.59. The summed E-state index contributed by atoms with van der Waals surface area (Å²) in [6.07, 6.45) is 0. The van der Waals surface area contributed by atoms with Gasteiger partial charge >= 0.3 is 0 Å². The first-order chi connectivity index (χ1) is 45.6. The summed E-state index contributed by atoms with van der Waals surface area (Å²) in [5.41, 5.74) is 22.7. The van der Waals surface area contributed by atoms with Crippen molar-refractivity contribution in [1.82, 2.24) is 19.9 Å². The summed E-state index contributed by atoms with van der Waals surface area (Å²) in [6.45, 7) is 0. The quantitative estimate of drug-likeness (QED) is 0.129. The predicted molar refractivity (Wildman–Crippen MR) is 390 cm³/mol. The minimum Gasteiger partial charge on any atom is -0.227 e. The molecule has 0 saturated heterocycles. The summed E-state index contributed by atoms with van der Waals surface area (Å²) < 4.78 is 2.43. The molecule has 92 heavy (non-hydrogen) atoms. The highest BCUT2D eigenvalue weighted by Gasteiger charge is 2.20. The van der Waals surface area contributed by atoms with Crippen LogP contribution in [0, 0.1) is 0 Å². The maximum atomic E-state index is 5.33. The standard InChI is InChI=1S/C46H30N2S.C40H26N2S/c1-4-13-31(14-5-1)34-23-25-35(26-24-34)45-47-44(43-41-21-10-11-22-42(41)49-46(43)48-45)37-20-12-19-36(27-37)40-29-38(32-15-6-2-7-16-32)28-39(30-40)33-17-8-3-9-18-33;1-3-10-27(11-4-1)29-18-20-31(21-19-29)33-14-9-15-34(26-33)38-37-35-16-7-8-17-36(35)43-40(37)42-39(41-38)32-24-22-30(23-25-32)28-12-5-2-6-13-28/h1-30H;1-26H. The van der Waals surface area contributed by atoms with Crippen LogP contribution in [0.1, 0.15) is 0 Å². The summed E-state index contributed by atoms with van der Waals surface area (Å²) in [4.78, 5) is 22.8. The van der Waals surface area contributed by atoms with E-state index in [1.54, 1.807) is 22.7 Å². The van der Waals surface area contributed by atoms with Crippen LogP contribution in [0.2, 0.25) is 0 Å². The molecule has 0 atom stereocenters. The zero-order valence-electron chi connectivity index (χ0n) is 49.9. The molecule has 0 bridgehead atoms. The lowest BCUT2D eigenvalue weighted by molar-refractivity contribution is 1.24. The van der Waals surface area contributed by atoms with Crippen molar-refractivity contribution in [3.8, 4) is 123 Å². The number of aromatic nitrogens is 4. The van der Waals surface area contributed by atoms with Crippen molar-refractivity contribution < 1.29 is 0 Å². The van der Waals surface area contributed by atoms with Crippen molar-refractivity contribution in [2.75, 3.05) is 0 Å². The number of rotatable bonds is 11. The van der Waals surface area contributed by atoms with Gasteiger partial charge in [-0.25, -0.2) is 19.9 Å². The highest BCUT2D eigenvalue weighted by atomic mass is 32.1. The highest BCUT2D eigenvalue weighted by molar-refractivity contribution is 7.26. The average molecular weight is 1210 g/mol. The van der Waals surface area contributed by atoms with Crippen LogP contribution in [0.25, 0.3) is 164 Å². The molecule has 0 aliphatic carbocycles. The number of nitrogens with zero attached hydrogens (tertiary/aromatic N) is 4. The Kier molecular flexibility index (Phi) is 15.0. The Morgan fingerprint density at radius 2 is 0.413 bits per heavy atom. The second-order valence-electron chi connectivity index (χ2n) is 22.9. The molecule has 432 valence electrons. The normalized spacial score (nSPS) is 11.3. The third kappa shape index (κ3) is 11.3. The molecule has 0 radical (unpaired) electrons. The lowest BCUT2D eigenvalue weighted by atomic mass is 9.92. The van der Waals surface area contributed by atoms with Crippen LogP contribution in [-0.4, -0.2) is 19.9 Å². The van der Waals surface area contributed by atoms with E-state index < -0.39 is 0 Å². The first kappa shape index (κ1) is 55.7. The van der Waals surface area contributed by atoms with Gasteiger partial charge < -0.3 is 0 Å². The topological polar surface area (TPSA) is 51.6 Å². The molecule has 0 spiro atoms. The molecule has 0 aliphatic heterocycles. The SMILES string of the molecule is c1ccc(-c2ccc(-c3cccc(-c4nc(-c5ccc(-c6ccccc6)cc5)nc5sc6ccccc6c45)c3)cc2)cc1.c1ccc(-c2ccc(-c3nc(-c4cccc(-c5cc(-c6ccccc6)cc(-c6ccccc6)c5)c4)c4c(n3)sc3ccccc34)cc2)cc1. The van der Waals surface area contributed by atoms with Gasteiger partial charge in [0, 0.05) is 53.2 Å². The Balaban J connectivity index is 0.000000148. The molecule has 0 amide bonds. The van der Waals surface area contributed by atoms with Gasteiger partial charge in [-0.2, -0.15) is 0 Å². The Morgan fingerprint density at radius 3 is 0.772 bits per heavy atom. The first-order valence-electron chi connectivity index (χ1n) is 30.9. The fraction of sp³-hybridized carbons (Fsp3) is 0. The maximum absolute atomic E-state index is 5.33. The van der Waals surface area contributed by atoms with Crippen LogP contribution < -0.4 is 0 Å². The predicted octanol–water partition coefficient (Wildman–Crippen LogP) is 24.0. The second kappa shape index (κ2) is 24.8. The Labute approximate surface area is 542 Å². The van der Waals surface area contributed by atoms with Gasteiger partial charge in [0.1, 0.15) is 9.66 Å². The van der Waals surface area contributed by atoms with Crippen molar-refractivity contribution in [1.29, 1.82) is 0 Å². The molecule has 6 heteroatoms. The van der Waals surface area contributed by atoms with E-state index in [-0.39, 0.29) is 0 Å². The van der Waals surface area contributed by atoms with Crippen LogP contribution in [0.3, 0.4) is 0 Å². The minimum atomic E-state index is 0.733. The summed E-state index contributed by atoms with van der Waals surface area (Å²) in [6, 6.07) is 120. The largest absolute Gasteiger partial charge is 0.227 e. The van der Waals surface area contributed by atoms with Gasteiger partial charge in [-0.15, -0.1) is 22.7 Å². The summed E-state index contributed by atoms with van der Waals surface area (Å²) in [7, 11) is 0. The third-order valence-electron chi connectivity index (χ3n) is 17.1. The van der Waals surface area contributed by atoms with E-state index in [4.69, 9.17) is 19.9 Å². The van der Waals surface area contributed by atoms with Crippen molar-refractivity contribution in [2.45, 2.75) is 0 Å². The van der Waals surface area contributed by atoms with E-state index in [2.05, 4.69) is 328 Å². The number of benzene rings is 13. The van der Waals surface area contributed by atoms with Crippen LogP contribution in [0.5, 0.6) is 0 Å². The molecule has 4 aromatic heterocycles. The van der Waals surface area contributed by atoms with Gasteiger partial charge in [-0.1, -0.05) is 297 Å². The minimum absolute atomic E-state index is 0.733. The summed E-state index contributed by atoms with van der Waals surface area (Å²) in [5, 5.41) is 4.60. The van der Waals surface area contributed by atoms with Crippen molar-refractivity contribution in [3.63, 3.8) is 0 Å². The van der Waals surface area contributed by atoms with Gasteiger partial charge in [0.25, 0.3) is 0 Å². The molecular formula is C86H56N4S2. The molecule has 0 saturated carbocycles. The number of thiophene rings is 2. The zero-order valence-corrected chi connectivity index (χ0v) is 51.6. The van der Waals surface area contributed by atoms with Crippen LogP contribution in [0.15, 0.2) is 340 Å². The Morgan fingerprint density at radius 1 is 0.174 bits per heavy atom. The van der Waals surface area contributed by atoms with E-state index >= 15 is 0 Å². The number of hydrogen-bond donors (Lipinski definition) is 0. The van der Waals surface area contributed by atoms with Crippen LogP contribution in [-0.2, 0) is 0 Å². The van der Waals surface area contributed by atoms with E-state index in [0.717, 1.165) is 76.9 Å². The van der Waals surface area contributed by atoms with Crippen molar-refractivity contribution >= 4 is 63.3 Å². The zero-order chi connectivity index (χ0) is 61.2. The monoisotopic (exact) mass is 1210 g/mol. The molecule has 0 fully saturated rings. The molecule has 4 nitrogen and oxygen atoms in total. The van der Waals surface area contributed by atoms with E-state index in [0.29, 0.717) is 0 Å². The van der Waals surface area contributed by atoms with Crippen LogP contribution >= 0.6 is 22.7 Å². The number of hydrogen-bond acceptors (Lipinski definition) is 6. The molecule has 0 unspecified atom stereocenters. The summed E-state index contributed by atoms with van der Waals surface area (Å²) >= 11 is 3.46. The fourth-order valence-electron chi connectivity index (χ4n) is 12.4. The van der Waals surface area contributed by atoms with Gasteiger partial charge in [-0.05, 0) is 120 Å². The molecule has 4 heterocycles. The Bertz CT molecular complexity index is 5400. The van der Waals surface area contributed by atoms with Crippen LogP contribution in [0.4, 0.5) is 0 Å². The van der Waals surface area contributed by atoms with Crippen molar-refractivity contribution in [2.24, 2.45) is 0 Å². The smallest absolute Gasteiger partial charge is 0.161 e. The van der Waals surface area contributed by atoms with Gasteiger partial charge in [0.2, 0.25) is 0 Å². The maximum Gasteiger partial charge on any atom is 0.161 e. The third-order valence-corrected chi connectivity index (χ3v) is 19.2. The Hall–Kier alpha value is -11.5. The summed E-state index contributed by atoms with van der Waals surface area (Å²) in [5.74, 6) is 1.47.